The number of carbonyl (C=O) groups excluding carboxylic acids is 4. The molecular weight excluding hydrogens is 328 g/mol. The molecule has 2 fully saturated rings. The molecule has 0 saturated carbocycles. The predicted molar refractivity (Wildman–Crippen MR) is 88.6 cm³/mol. The van der Waals surface area contributed by atoms with Gasteiger partial charge in [0.05, 0.1) is 6.61 Å². The predicted octanol–water partition coefficient (Wildman–Crippen LogP) is -0.632. The number of nitrogens with zero attached hydrogens (tertiary/aromatic N) is 4. The van der Waals surface area contributed by atoms with E-state index in [1.165, 1.54) is 6.92 Å². The highest BCUT2D eigenvalue weighted by molar-refractivity contribution is 5.97. The van der Waals surface area contributed by atoms with Crippen molar-refractivity contribution < 1.29 is 23.9 Å². The highest BCUT2D eigenvalue weighted by atomic mass is 16.6. The van der Waals surface area contributed by atoms with E-state index in [4.69, 9.17) is 4.74 Å². The second-order valence-electron chi connectivity index (χ2n) is 6.13. The Hall–Kier alpha value is -2.32. The van der Waals surface area contributed by atoms with Crippen molar-refractivity contribution in [2.24, 2.45) is 0 Å². The van der Waals surface area contributed by atoms with Crippen LogP contribution in [0.4, 0.5) is 4.79 Å². The quantitative estimate of drug-likeness (QED) is 0.630. The largest absolute Gasteiger partial charge is 0.450 e. The van der Waals surface area contributed by atoms with Gasteiger partial charge in [0.15, 0.2) is 0 Å². The van der Waals surface area contributed by atoms with Gasteiger partial charge in [-0.25, -0.2) is 4.79 Å². The average molecular weight is 354 g/mol. The molecule has 0 N–H and O–H groups in total. The lowest BCUT2D eigenvalue weighted by molar-refractivity contribution is -0.144. The fourth-order valence-electron chi connectivity index (χ4n) is 2.98. The van der Waals surface area contributed by atoms with Crippen LogP contribution in [-0.4, -0.2) is 102 Å². The van der Waals surface area contributed by atoms with Gasteiger partial charge in [0, 0.05) is 59.3 Å². The maximum Gasteiger partial charge on any atom is 0.409 e. The molecule has 0 aliphatic carbocycles. The number of hydrogen-bond donors (Lipinski definition) is 0. The molecule has 0 aromatic carbocycles. The summed E-state index contributed by atoms with van der Waals surface area (Å²) in [6.07, 6.45) is -0.534. The first-order valence-electron chi connectivity index (χ1n) is 8.65. The molecule has 0 spiro atoms. The summed E-state index contributed by atoms with van der Waals surface area (Å²) >= 11 is 0. The van der Waals surface area contributed by atoms with E-state index < -0.39 is 0 Å². The third-order valence-corrected chi connectivity index (χ3v) is 4.54. The number of amides is 4. The molecule has 2 heterocycles. The Morgan fingerprint density at radius 1 is 0.720 bits per heavy atom. The van der Waals surface area contributed by atoms with Crippen LogP contribution in [0.3, 0.4) is 0 Å². The average Bonchev–Trinajstić information content (AvgIpc) is 2.62. The summed E-state index contributed by atoms with van der Waals surface area (Å²) in [5.74, 6) is -0.425. The van der Waals surface area contributed by atoms with E-state index in [0.717, 1.165) is 0 Å². The Bertz CT molecular complexity index is 523. The molecule has 0 atom stereocenters. The highest BCUT2D eigenvalue weighted by Gasteiger charge is 2.28. The number of hydrogen-bond acceptors (Lipinski definition) is 5. The highest BCUT2D eigenvalue weighted by Crippen LogP contribution is 2.09. The molecule has 0 aromatic heterocycles. The molecule has 140 valence electrons. The van der Waals surface area contributed by atoms with Crippen LogP contribution in [0.15, 0.2) is 0 Å². The fourth-order valence-corrected chi connectivity index (χ4v) is 2.98. The molecule has 0 aromatic rings. The van der Waals surface area contributed by atoms with Crippen LogP contribution in [0, 0.1) is 0 Å². The first kappa shape index (κ1) is 19.0. The van der Waals surface area contributed by atoms with Gasteiger partial charge in [0.25, 0.3) is 0 Å². The number of ether oxygens (including phenoxy) is 1. The zero-order valence-electron chi connectivity index (χ0n) is 14.9. The molecule has 9 heteroatoms. The van der Waals surface area contributed by atoms with Crippen LogP contribution < -0.4 is 0 Å². The topological polar surface area (TPSA) is 90.5 Å². The summed E-state index contributed by atoms with van der Waals surface area (Å²) in [4.78, 5) is 54.0. The normalized spacial score (nSPS) is 18.2. The number of carbonyl (C=O) groups is 4. The first-order chi connectivity index (χ1) is 11.9. The lowest BCUT2D eigenvalue weighted by Gasteiger charge is -2.36. The third kappa shape index (κ3) is 5.07. The maximum absolute atomic E-state index is 12.3. The molecule has 2 rings (SSSR count). The third-order valence-electron chi connectivity index (χ3n) is 4.54. The lowest BCUT2D eigenvalue weighted by Crippen LogP contribution is -2.53. The minimum absolute atomic E-state index is 0.00245. The molecule has 0 radical (unpaired) electrons. The molecule has 2 aliphatic heterocycles. The zero-order chi connectivity index (χ0) is 18.4. The molecule has 9 nitrogen and oxygen atoms in total. The maximum atomic E-state index is 12.3. The van der Waals surface area contributed by atoms with Crippen LogP contribution in [-0.2, 0) is 19.1 Å². The summed E-state index contributed by atoms with van der Waals surface area (Å²) in [5.41, 5.74) is 0. The molecular formula is C16H26N4O5. The Morgan fingerprint density at radius 3 is 1.52 bits per heavy atom. The second-order valence-corrected chi connectivity index (χ2v) is 6.13. The summed E-state index contributed by atoms with van der Waals surface area (Å²) < 4.78 is 4.94. The van der Waals surface area contributed by atoms with Crippen molar-refractivity contribution in [3.05, 3.63) is 0 Å². The van der Waals surface area contributed by atoms with Gasteiger partial charge in [-0.15, -0.1) is 0 Å². The SMILES string of the molecule is CCOC(=O)N1CCN(C(=O)CC(=O)N2CCN(C(C)=O)CC2)CC1. The number of piperazine rings is 2. The Balaban J connectivity index is 1.74. The lowest BCUT2D eigenvalue weighted by atomic mass is 10.2. The van der Waals surface area contributed by atoms with Crippen LogP contribution in [0.5, 0.6) is 0 Å². The van der Waals surface area contributed by atoms with E-state index in [2.05, 4.69) is 0 Å². The van der Waals surface area contributed by atoms with Crippen molar-refractivity contribution in [1.82, 2.24) is 19.6 Å². The van der Waals surface area contributed by atoms with Crippen molar-refractivity contribution in [2.75, 3.05) is 59.0 Å². The van der Waals surface area contributed by atoms with Crippen molar-refractivity contribution in [3.63, 3.8) is 0 Å². The molecule has 0 bridgehead atoms. The Morgan fingerprint density at radius 2 is 1.12 bits per heavy atom. The van der Waals surface area contributed by atoms with E-state index >= 15 is 0 Å². The molecule has 4 amide bonds. The van der Waals surface area contributed by atoms with Crippen LogP contribution >= 0.6 is 0 Å². The van der Waals surface area contributed by atoms with Gasteiger partial charge in [0.1, 0.15) is 6.42 Å². The Kier molecular flexibility index (Phi) is 6.60. The van der Waals surface area contributed by atoms with Crippen LogP contribution in [0.2, 0.25) is 0 Å². The van der Waals surface area contributed by atoms with Gasteiger partial charge in [-0.05, 0) is 6.92 Å². The zero-order valence-corrected chi connectivity index (χ0v) is 14.9. The van der Waals surface area contributed by atoms with Crippen molar-refractivity contribution in [1.29, 1.82) is 0 Å². The first-order valence-corrected chi connectivity index (χ1v) is 8.65. The van der Waals surface area contributed by atoms with E-state index in [1.54, 1.807) is 26.5 Å². The van der Waals surface area contributed by atoms with E-state index in [1.807, 2.05) is 0 Å². The van der Waals surface area contributed by atoms with E-state index in [0.29, 0.717) is 59.0 Å². The summed E-state index contributed by atoms with van der Waals surface area (Å²) in [7, 11) is 0. The van der Waals surface area contributed by atoms with E-state index in [9.17, 15) is 19.2 Å². The van der Waals surface area contributed by atoms with Crippen molar-refractivity contribution >= 4 is 23.8 Å². The van der Waals surface area contributed by atoms with Gasteiger partial charge in [-0.2, -0.15) is 0 Å². The summed E-state index contributed by atoms with van der Waals surface area (Å²) in [6, 6.07) is 0. The molecule has 25 heavy (non-hydrogen) atoms. The Labute approximate surface area is 147 Å². The van der Waals surface area contributed by atoms with Gasteiger partial charge in [0.2, 0.25) is 17.7 Å². The van der Waals surface area contributed by atoms with Crippen molar-refractivity contribution in [3.8, 4) is 0 Å². The fraction of sp³-hybridized carbons (Fsp3) is 0.750. The van der Waals surface area contributed by atoms with Gasteiger partial charge >= 0.3 is 6.09 Å². The van der Waals surface area contributed by atoms with Gasteiger partial charge in [-0.1, -0.05) is 0 Å². The van der Waals surface area contributed by atoms with Gasteiger partial charge < -0.3 is 24.3 Å². The standard InChI is InChI=1S/C16H26N4O5/c1-3-25-16(24)20-10-8-19(9-11-20)15(23)12-14(22)18-6-4-17(5-7-18)13(2)21/h3-12H2,1-2H3. The minimum Gasteiger partial charge on any atom is -0.450 e. The number of rotatable bonds is 3. The molecule has 2 saturated heterocycles. The molecule has 0 unspecified atom stereocenters. The van der Waals surface area contributed by atoms with Crippen molar-refractivity contribution in [2.45, 2.75) is 20.3 Å². The van der Waals surface area contributed by atoms with Crippen LogP contribution in [0.1, 0.15) is 20.3 Å². The molecule has 2 aliphatic rings. The minimum atomic E-state index is -0.367. The van der Waals surface area contributed by atoms with Crippen LogP contribution in [0.25, 0.3) is 0 Å². The second kappa shape index (κ2) is 8.68. The van der Waals surface area contributed by atoms with Gasteiger partial charge in [-0.3, -0.25) is 14.4 Å². The monoisotopic (exact) mass is 354 g/mol. The smallest absolute Gasteiger partial charge is 0.409 e. The van der Waals surface area contributed by atoms with E-state index in [-0.39, 0.29) is 30.2 Å². The summed E-state index contributed by atoms with van der Waals surface area (Å²) in [5, 5.41) is 0. The summed E-state index contributed by atoms with van der Waals surface area (Å²) in [6.45, 7) is 7.16.